The number of sulfonamides is 1. The fourth-order valence-corrected chi connectivity index (χ4v) is 4.30. The van der Waals surface area contributed by atoms with E-state index in [0.29, 0.717) is 24.3 Å². The van der Waals surface area contributed by atoms with Crippen molar-refractivity contribution in [1.82, 2.24) is 4.31 Å². The Morgan fingerprint density at radius 2 is 1.58 bits per heavy atom. The second kappa shape index (κ2) is 8.26. The maximum Gasteiger partial charge on any atom is 0.255 e. The molecule has 2 aromatic carbocycles. The minimum Gasteiger partial charge on any atom is -0.396 e. The minimum atomic E-state index is -3.57. The van der Waals surface area contributed by atoms with Crippen molar-refractivity contribution in [2.75, 3.05) is 24.1 Å². The zero-order chi connectivity index (χ0) is 19.5. The first-order valence-corrected chi connectivity index (χ1v) is 10.1. The molecule has 0 aliphatic carbocycles. The van der Waals surface area contributed by atoms with Crippen LogP contribution >= 0.6 is 23.2 Å². The summed E-state index contributed by atoms with van der Waals surface area (Å²) in [5.41, 5.74) is 6.58. The first-order chi connectivity index (χ1) is 12.2. The number of anilines is 2. The van der Waals surface area contributed by atoms with Crippen LogP contribution < -0.4 is 11.1 Å². The number of benzene rings is 2. The van der Waals surface area contributed by atoms with Crippen molar-refractivity contribution in [3.63, 3.8) is 0 Å². The fourth-order valence-electron chi connectivity index (χ4n) is 2.35. The summed E-state index contributed by atoms with van der Waals surface area (Å²) in [7, 11) is -3.57. The van der Waals surface area contributed by atoms with Crippen LogP contribution in [0.15, 0.2) is 41.3 Å². The minimum absolute atomic E-state index is 0.135. The molecule has 2 aromatic rings. The highest BCUT2D eigenvalue weighted by Gasteiger charge is 2.21. The highest BCUT2D eigenvalue weighted by molar-refractivity contribution is 7.89. The number of nitrogens with one attached hydrogen (secondary N) is 1. The van der Waals surface area contributed by atoms with Gasteiger partial charge in [-0.15, -0.1) is 0 Å². The van der Waals surface area contributed by atoms with Crippen molar-refractivity contribution in [2.24, 2.45) is 0 Å². The van der Waals surface area contributed by atoms with E-state index in [1.54, 1.807) is 13.8 Å². The molecule has 0 saturated carbocycles. The summed E-state index contributed by atoms with van der Waals surface area (Å²) >= 11 is 11.9. The second-order valence-electron chi connectivity index (χ2n) is 5.42. The van der Waals surface area contributed by atoms with Crippen molar-refractivity contribution in [1.29, 1.82) is 0 Å². The molecule has 2 rings (SSSR count). The van der Waals surface area contributed by atoms with E-state index in [1.807, 2.05) is 0 Å². The van der Waals surface area contributed by atoms with E-state index in [1.165, 1.54) is 40.7 Å². The molecule has 3 N–H and O–H groups in total. The third-order valence-corrected chi connectivity index (χ3v) is 6.49. The Hall–Kier alpha value is -1.80. The van der Waals surface area contributed by atoms with Crippen LogP contribution in [0.3, 0.4) is 0 Å². The maximum absolute atomic E-state index is 12.5. The van der Waals surface area contributed by atoms with Crippen molar-refractivity contribution in [3.05, 3.63) is 52.0 Å². The van der Waals surface area contributed by atoms with E-state index in [2.05, 4.69) is 5.32 Å². The average Bonchev–Trinajstić information content (AvgIpc) is 2.60. The summed E-state index contributed by atoms with van der Waals surface area (Å²) in [5.74, 6) is -0.423. The second-order valence-corrected chi connectivity index (χ2v) is 8.17. The van der Waals surface area contributed by atoms with Gasteiger partial charge in [-0.3, -0.25) is 4.79 Å². The third-order valence-electron chi connectivity index (χ3n) is 3.80. The number of amides is 1. The van der Waals surface area contributed by atoms with Crippen molar-refractivity contribution < 1.29 is 13.2 Å². The van der Waals surface area contributed by atoms with E-state index in [-0.39, 0.29) is 20.6 Å². The number of nitrogen functional groups attached to an aromatic ring is 1. The Balaban J connectivity index is 2.22. The van der Waals surface area contributed by atoms with Crippen LogP contribution in [-0.2, 0) is 10.0 Å². The molecule has 0 spiro atoms. The molecule has 26 heavy (non-hydrogen) atoms. The van der Waals surface area contributed by atoms with Crippen LogP contribution in [0.4, 0.5) is 11.4 Å². The van der Waals surface area contributed by atoms with Crippen LogP contribution in [0.5, 0.6) is 0 Å². The largest absolute Gasteiger partial charge is 0.396 e. The highest BCUT2D eigenvalue weighted by atomic mass is 35.5. The Bertz CT molecular complexity index is 888. The Kier molecular flexibility index (Phi) is 6.52. The van der Waals surface area contributed by atoms with Gasteiger partial charge in [0.1, 0.15) is 0 Å². The molecule has 6 nitrogen and oxygen atoms in total. The van der Waals surface area contributed by atoms with Gasteiger partial charge >= 0.3 is 0 Å². The zero-order valence-electron chi connectivity index (χ0n) is 14.3. The lowest BCUT2D eigenvalue weighted by Gasteiger charge is -2.18. The number of hydrogen-bond donors (Lipinski definition) is 2. The van der Waals surface area contributed by atoms with Gasteiger partial charge in [-0.05, 0) is 36.4 Å². The van der Waals surface area contributed by atoms with Crippen molar-refractivity contribution >= 4 is 50.5 Å². The monoisotopic (exact) mass is 415 g/mol. The molecule has 9 heteroatoms. The van der Waals surface area contributed by atoms with Crippen LogP contribution in [0.2, 0.25) is 10.0 Å². The number of carbonyl (C=O) groups excluding carboxylic acids is 1. The Morgan fingerprint density at radius 1 is 1.08 bits per heavy atom. The van der Waals surface area contributed by atoms with Gasteiger partial charge in [0.2, 0.25) is 10.0 Å². The van der Waals surface area contributed by atoms with E-state index in [4.69, 9.17) is 28.9 Å². The SMILES string of the molecule is CCN(CC)S(=O)(=O)c1ccc(C(=O)Nc2cc(Cl)c(N)c(Cl)c2)cc1. The van der Waals surface area contributed by atoms with Gasteiger partial charge in [0.25, 0.3) is 5.91 Å². The van der Waals surface area contributed by atoms with Gasteiger partial charge in [-0.2, -0.15) is 4.31 Å². The number of halogens is 2. The van der Waals surface area contributed by atoms with Gasteiger partial charge in [0.15, 0.2) is 0 Å². The fraction of sp³-hybridized carbons (Fsp3) is 0.235. The van der Waals surface area contributed by atoms with Crippen molar-refractivity contribution in [2.45, 2.75) is 18.7 Å². The molecular formula is C17H19Cl2N3O3S. The quantitative estimate of drug-likeness (QED) is 0.700. The Labute approximate surface area is 162 Å². The first-order valence-electron chi connectivity index (χ1n) is 7.86. The summed E-state index contributed by atoms with van der Waals surface area (Å²) in [4.78, 5) is 12.5. The molecule has 0 bridgehead atoms. The lowest BCUT2D eigenvalue weighted by molar-refractivity contribution is 0.102. The van der Waals surface area contributed by atoms with Crippen LogP contribution in [0.25, 0.3) is 0 Å². The summed E-state index contributed by atoms with van der Waals surface area (Å²) < 4.78 is 26.3. The molecule has 0 heterocycles. The molecule has 0 unspecified atom stereocenters. The van der Waals surface area contributed by atoms with E-state index >= 15 is 0 Å². The van der Waals surface area contributed by atoms with Gasteiger partial charge in [-0.25, -0.2) is 8.42 Å². The summed E-state index contributed by atoms with van der Waals surface area (Å²) in [6, 6.07) is 8.69. The predicted molar refractivity (Wildman–Crippen MR) is 105 cm³/mol. The summed E-state index contributed by atoms with van der Waals surface area (Å²) in [6.07, 6.45) is 0. The van der Waals surface area contributed by atoms with Gasteiger partial charge in [-0.1, -0.05) is 37.0 Å². The zero-order valence-corrected chi connectivity index (χ0v) is 16.6. The van der Waals surface area contributed by atoms with Crippen molar-refractivity contribution in [3.8, 4) is 0 Å². The summed E-state index contributed by atoms with van der Waals surface area (Å²) in [5, 5.41) is 3.11. The molecule has 1 amide bonds. The number of nitrogens with zero attached hydrogens (tertiary/aromatic N) is 1. The van der Waals surface area contributed by atoms with Crippen LogP contribution in [0, 0.1) is 0 Å². The van der Waals surface area contributed by atoms with Gasteiger partial charge < -0.3 is 11.1 Å². The highest BCUT2D eigenvalue weighted by Crippen LogP contribution is 2.31. The number of nitrogens with two attached hydrogens (primary N) is 1. The molecular weight excluding hydrogens is 397 g/mol. The number of hydrogen-bond acceptors (Lipinski definition) is 4. The Morgan fingerprint density at radius 3 is 2.04 bits per heavy atom. The standard InChI is InChI=1S/C17H19Cl2N3O3S/c1-3-22(4-2)26(24,25)13-7-5-11(6-8-13)17(23)21-12-9-14(18)16(20)15(19)10-12/h5-10H,3-4,20H2,1-2H3,(H,21,23). The molecule has 140 valence electrons. The van der Waals surface area contributed by atoms with E-state index in [9.17, 15) is 13.2 Å². The van der Waals surface area contributed by atoms with Gasteiger partial charge in [0, 0.05) is 24.3 Å². The first kappa shape index (κ1) is 20.5. The molecule has 0 saturated heterocycles. The molecule has 0 aliphatic heterocycles. The number of carbonyl (C=O) groups is 1. The maximum atomic E-state index is 12.5. The molecule has 0 aliphatic rings. The smallest absolute Gasteiger partial charge is 0.255 e. The average molecular weight is 416 g/mol. The number of rotatable bonds is 6. The molecule has 0 radical (unpaired) electrons. The van der Waals surface area contributed by atoms with E-state index < -0.39 is 15.9 Å². The lowest BCUT2D eigenvalue weighted by atomic mass is 10.2. The van der Waals surface area contributed by atoms with Gasteiger partial charge in [0.05, 0.1) is 20.6 Å². The lowest BCUT2D eigenvalue weighted by Crippen LogP contribution is -2.30. The van der Waals surface area contributed by atoms with Crippen LogP contribution in [-0.4, -0.2) is 31.7 Å². The van der Waals surface area contributed by atoms with E-state index in [0.717, 1.165) is 0 Å². The van der Waals surface area contributed by atoms with Crippen LogP contribution in [0.1, 0.15) is 24.2 Å². The predicted octanol–water partition coefficient (Wildman–Crippen LogP) is 3.86. The molecule has 0 fully saturated rings. The molecule has 0 atom stereocenters. The normalized spacial score (nSPS) is 11.6. The molecule has 0 aromatic heterocycles. The topological polar surface area (TPSA) is 92.5 Å². The third kappa shape index (κ3) is 4.29. The summed E-state index contributed by atoms with van der Waals surface area (Å²) in [6.45, 7) is 4.29.